The average molecular weight is 493 g/mol. The summed E-state index contributed by atoms with van der Waals surface area (Å²) in [5.41, 5.74) is 1.19. The molecule has 0 spiro atoms. The maximum atomic E-state index is 10.8. The molecule has 6 nitrogen and oxygen atoms in total. The van der Waals surface area contributed by atoms with Crippen LogP contribution in [-0.2, 0) is 40.2 Å². The molecule has 130 valence electrons. The maximum Gasteiger partial charge on any atom is 0.249 e. The molecule has 1 saturated heterocycles. The monoisotopic (exact) mass is 493 g/mol. The first kappa shape index (κ1) is 23.8. The van der Waals surface area contributed by atoms with Crippen LogP contribution >= 0.6 is 0 Å². The third-order valence-corrected chi connectivity index (χ3v) is 2.91. The van der Waals surface area contributed by atoms with Crippen molar-refractivity contribution >= 4 is 18.2 Å². The molecule has 1 fully saturated rings. The predicted molar refractivity (Wildman–Crippen MR) is 83.5 cm³/mol. The molecule has 2 N–H and O–H groups in total. The molecule has 0 bridgehead atoms. The summed E-state index contributed by atoms with van der Waals surface area (Å²) < 4.78 is 5.03. The molecule has 7 heteroatoms. The van der Waals surface area contributed by atoms with E-state index in [1.54, 1.807) is 7.11 Å². The van der Waals surface area contributed by atoms with Crippen LogP contribution in [-0.4, -0.2) is 31.4 Å². The Balaban J connectivity index is 0. The minimum atomic E-state index is -0.537. The zero-order valence-corrected chi connectivity index (χ0v) is 17.0. The molecule has 1 aliphatic heterocycles. The van der Waals surface area contributed by atoms with Crippen molar-refractivity contribution in [2.75, 3.05) is 7.11 Å². The minimum absolute atomic E-state index is 0. The Bertz CT molecular complexity index is 447. The molecular formula is C16H25N2O4W-. The van der Waals surface area contributed by atoms with Crippen LogP contribution in [0.3, 0.4) is 0 Å². The number of carbonyl (C=O) groups is 3. The van der Waals surface area contributed by atoms with Crippen LogP contribution in [0, 0.1) is 6.08 Å². The number of imide groups is 1. The standard InChI is InChI=1S/C8H11O.C6H8N2O3.C2H6.W/c1-7-4-3-5-8(6-7)9-2;9-3-7-4-1-2-5(10)8-6(4)11;1-2;/h4H,3,5H2,1-2H3;3-4H,1-2H2,(H,7,9)(H,8,10,11);1-2H3;/q-1;;;. The van der Waals surface area contributed by atoms with Crippen LogP contribution in [0.5, 0.6) is 0 Å². The van der Waals surface area contributed by atoms with Crippen LogP contribution in [0.2, 0.25) is 0 Å². The summed E-state index contributed by atoms with van der Waals surface area (Å²) in [5, 5.41) is 4.42. The number of piperidine rings is 1. The molecule has 0 aromatic heterocycles. The van der Waals surface area contributed by atoms with E-state index in [1.807, 2.05) is 20.8 Å². The Morgan fingerprint density at radius 2 is 2.00 bits per heavy atom. The van der Waals surface area contributed by atoms with E-state index in [0.717, 1.165) is 18.6 Å². The molecule has 1 heterocycles. The van der Waals surface area contributed by atoms with Gasteiger partial charge in [0.1, 0.15) is 6.04 Å². The molecule has 0 aromatic rings. The Kier molecular flexibility index (Phi) is 14.7. The molecule has 2 aliphatic rings. The van der Waals surface area contributed by atoms with E-state index in [0.29, 0.717) is 12.8 Å². The van der Waals surface area contributed by atoms with Crippen LogP contribution in [0.15, 0.2) is 17.4 Å². The number of hydrogen-bond acceptors (Lipinski definition) is 4. The van der Waals surface area contributed by atoms with Crippen molar-refractivity contribution in [3.63, 3.8) is 0 Å². The summed E-state index contributed by atoms with van der Waals surface area (Å²) in [6.07, 6.45) is 8.54. The number of amides is 3. The van der Waals surface area contributed by atoms with E-state index in [2.05, 4.69) is 22.8 Å². The number of ether oxygens (including phenoxy) is 1. The van der Waals surface area contributed by atoms with E-state index >= 15 is 0 Å². The number of nitrogens with one attached hydrogen (secondary N) is 2. The minimum Gasteiger partial charge on any atom is -0.521 e. The summed E-state index contributed by atoms with van der Waals surface area (Å²) in [4.78, 5) is 31.3. The second-order valence-electron chi connectivity index (χ2n) is 4.47. The van der Waals surface area contributed by atoms with Crippen LogP contribution < -0.4 is 10.6 Å². The quantitative estimate of drug-likeness (QED) is 0.356. The van der Waals surface area contributed by atoms with Gasteiger partial charge in [0.25, 0.3) is 0 Å². The topological polar surface area (TPSA) is 84.5 Å². The van der Waals surface area contributed by atoms with Gasteiger partial charge in [-0.2, -0.15) is 0 Å². The van der Waals surface area contributed by atoms with Crippen molar-refractivity contribution < 1.29 is 40.2 Å². The SMILES string of the molecule is CC.COC1=[C-]C(C)=CCC1.O=CNC1CCC(=O)NC1=O.[W]. The molecular weight excluding hydrogens is 468 g/mol. The van der Waals surface area contributed by atoms with Gasteiger partial charge in [-0.05, 0) is 12.8 Å². The largest absolute Gasteiger partial charge is 0.521 e. The summed E-state index contributed by atoms with van der Waals surface area (Å²) in [5.74, 6) is 0.280. The Morgan fingerprint density at radius 1 is 1.35 bits per heavy atom. The first-order valence-corrected chi connectivity index (χ1v) is 7.43. The summed E-state index contributed by atoms with van der Waals surface area (Å²) in [6, 6.07) is -0.537. The van der Waals surface area contributed by atoms with Gasteiger partial charge in [0.05, 0.1) is 7.11 Å². The number of methoxy groups -OCH3 is 1. The van der Waals surface area contributed by atoms with Gasteiger partial charge in [-0.25, -0.2) is 17.7 Å². The third kappa shape index (κ3) is 10.1. The molecule has 23 heavy (non-hydrogen) atoms. The molecule has 0 radical (unpaired) electrons. The van der Waals surface area contributed by atoms with Gasteiger partial charge in [-0.15, -0.1) is 0 Å². The van der Waals surface area contributed by atoms with Crippen molar-refractivity contribution in [2.24, 2.45) is 0 Å². The van der Waals surface area contributed by atoms with E-state index in [1.165, 1.54) is 5.57 Å². The van der Waals surface area contributed by atoms with Gasteiger partial charge in [0, 0.05) is 33.2 Å². The van der Waals surface area contributed by atoms with Crippen molar-refractivity contribution in [3.8, 4) is 0 Å². The smallest absolute Gasteiger partial charge is 0.249 e. The molecule has 0 aromatic carbocycles. The number of carbonyl (C=O) groups excluding carboxylic acids is 3. The van der Waals surface area contributed by atoms with Crippen molar-refractivity contribution in [2.45, 2.75) is 52.5 Å². The fourth-order valence-corrected chi connectivity index (χ4v) is 1.84. The number of hydrogen-bond donors (Lipinski definition) is 2. The maximum absolute atomic E-state index is 10.8. The summed E-state index contributed by atoms with van der Waals surface area (Å²) in [7, 11) is 1.70. The van der Waals surface area contributed by atoms with Gasteiger partial charge >= 0.3 is 0 Å². The second-order valence-corrected chi connectivity index (χ2v) is 4.47. The number of rotatable bonds is 3. The molecule has 1 unspecified atom stereocenters. The van der Waals surface area contributed by atoms with E-state index in [4.69, 9.17) is 4.74 Å². The molecule has 1 aliphatic carbocycles. The normalized spacial score (nSPS) is 19.0. The number of allylic oxidation sites excluding steroid dienone is 4. The van der Waals surface area contributed by atoms with Gasteiger partial charge < -0.3 is 10.1 Å². The zero-order valence-electron chi connectivity index (χ0n) is 14.1. The molecule has 0 saturated carbocycles. The first-order valence-electron chi connectivity index (χ1n) is 7.43. The fraction of sp³-hybridized carbons (Fsp3) is 0.562. The molecule has 1 atom stereocenters. The van der Waals surface area contributed by atoms with Crippen molar-refractivity contribution in [3.05, 3.63) is 23.5 Å². The van der Waals surface area contributed by atoms with Crippen molar-refractivity contribution in [1.82, 2.24) is 10.6 Å². The van der Waals surface area contributed by atoms with Gasteiger partial charge in [0.2, 0.25) is 18.2 Å². The summed E-state index contributed by atoms with van der Waals surface area (Å²) >= 11 is 0. The van der Waals surface area contributed by atoms with Gasteiger partial charge in [-0.1, -0.05) is 27.2 Å². The first-order chi connectivity index (χ1) is 10.6. The van der Waals surface area contributed by atoms with E-state index in [-0.39, 0.29) is 33.4 Å². The van der Waals surface area contributed by atoms with E-state index < -0.39 is 11.9 Å². The van der Waals surface area contributed by atoms with Crippen LogP contribution in [0.4, 0.5) is 0 Å². The fourth-order valence-electron chi connectivity index (χ4n) is 1.84. The van der Waals surface area contributed by atoms with Crippen molar-refractivity contribution in [1.29, 1.82) is 0 Å². The Labute approximate surface area is 152 Å². The second kappa shape index (κ2) is 14.2. The predicted octanol–water partition coefficient (Wildman–Crippen LogP) is 1.62. The van der Waals surface area contributed by atoms with Crippen LogP contribution in [0.25, 0.3) is 0 Å². The zero-order chi connectivity index (χ0) is 17.0. The summed E-state index contributed by atoms with van der Waals surface area (Å²) in [6.45, 7) is 6.04. The third-order valence-electron chi connectivity index (χ3n) is 2.91. The molecule has 3 amide bonds. The van der Waals surface area contributed by atoms with E-state index in [9.17, 15) is 14.4 Å². The average Bonchev–Trinajstić information content (AvgIpc) is 2.53. The van der Waals surface area contributed by atoms with Crippen LogP contribution in [0.1, 0.15) is 46.5 Å². The Morgan fingerprint density at radius 3 is 2.43 bits per heavy atom. The van der Waals surface area contributed by atoms with Gasteiger partial charge in [0.15, 0.2) is 0 Å². The molecule has 2 rings (SSSR count). The Hall–Kier alpha value is -1.42. The van der Waals surface area contributed by atoms with Gasteiger partial charge in [-0.3, -0.25) is 19.7 Å².